The van der Waals surface area contributed by atoms with Crippen molar-refractivity contribution >= 4 is 11.8 Å². The highest BCUT2D eigenvalue weighted by molar-refractivity contribution is 5.94. The van der Waals surface area contributed by atoms with E-state index in [-0.39, 0.29) is 11.8 Å². The van der Waals surface area contributed by atoms with Crippen LogP contribution < -0.4 is 10.6 Å². The Bertz CT molecular complexity index is 1340. The molecule has 2 saturated carbocycles. The van der Waals surface area contributed by atoms with Crippen LogP contribution in [0.15, 0.2) is 85.5 Å². The molecule has 2 aromatic heterocycles. The third-order valence-corrected chi connectivity index (χ3v) is 9.27. The van der Waals surface area contributed by atoms with Crippen LogP contribution in [0.3, 0.4) is 0 Å². The van der Waals surface area contributed by atoms with Crippen LogP contribution >= 0.6 is 0 Å². The molecule has 2 heterocycles. The fourth-order valence-electron chi connectivity index (χ4n) is 6.56. The van der Waals surface area contributed by atoms with Crippen LogP contribution in [0, 0.1) is 11.8 Å². The summed E-state index contributed by atoms with van der Waals surface area (Å²) in [5.74, 6) is 0.874. The second kappa shape index (κ2) is 19.5. The molecule has 0 unspecified atom stereocenters. The first-order chi connectivity index (χ1) is 23.6. The molecular weight excluding hydrogens is 604 g/mol. The summed E-state index contributed by atoms with van der Waals surface area (Å²) in [6.07, 6.45) is 17.8. The van der Waals surface area contributed by atoms with Crippen molar-refractivity contribution in [3.63, 3.8) is 0 Å². The lowest BCUT2D eigenvalue weighted by atomic mass is 9.87. The minimum absolute atomic E-state index is 0.0594. The van der Waals surface area contributed by atoms with Crippen molar-refractivity contribution in [2.75, 3.05) is 26.3 Å². The minimum Gasteiger partial charge on any atom is -0.378 e. The zero-order valence-electron chi connectivity index (χ0n) is 27.8. The number of nitrogens with zero attached hydrogens (tertiary/aromatic N) is 2. The Balaban J connectivity index is 0.000000188. The number of benzene rings is 2. The number of aromatic amines is 2. The zero-order chi connectivity index (χ0) is 33.2. The van der Waals surface area contributed by atoms with Gasteiger partial charge in [0.1, 0.15) is 0 Å². The Labute approximate surface area is 283 Å². The van der Waals surface area contributed by atoms with Crippen molar-refractivity contribution in [1.29, 1.82) is 0 Å². The Morgan fingerprint density at radius 2 is 1.08 bits per heavy atom. The second-order valence-corrected chi connectivity index (χ2v) is 12.9. The van der Waals surface area contributed by atoms with Gasteiger partial charge in [-0.1, -0.05) is 73.5 Å². The van der Waals surface area contributed by atoms with Crippen molar-refractivity contribution in [2.45, 2.75) is 76.4 Å². The van der Waals surface area contributed by atoms with Gasteiger partial charge in [0.15, 0.2) is 0 Å². The molecule has 4 N–H and O–H groups in total. The molecule has 0 radical (unpaired) electrons. The Morgan fingerprint density at radius 1 is 0.646 bits per heavy atom. The second-order valence-electron chi connectivity index (χ2n) is 12.9. The van der Waals surface area contributed by atoms with Crippen LogP contribution in [0.5, 0.6) is 0 Å². The van der Waals surface area contributed by atoms with E-state index in [4.69, 9.17) is 9.47 Å². The van der Waals surface area contributed by atoms with E-state index in [0.29, 0.717) is 48.3 Å². The van der Waals surface area contributed by atoms with Gasteiger partial charge in [-0.3, -0.25) is 19.8 Å². The standard InChI is InChI=1S/2C19H25N3O2/c2*23-19(17-13-21-22-14-17)20-12-16-7-4-8-18(11-16)24-10-9-15-5-2-1-3-6-15/h2*1-3,5-6,13-14,16,18H,4,7-12H2,(H,20,23)(H,21,22)/t2*16-,18+/m10/s1. The van der Waals surface area contributed by atoms with Crippen LogP contribution in [0.4, 0.5) is 0 Å². The highest BCUT2D eigenvalue weighted by Crippen LogP contribution is 2.27. The lowest BCUT2D eigenvalue weighted by Crippen LogP contribution is -2.33. The largest absolute Gasteiger partial charge is 0.378 e. The average molecular weight is 655 g/mol. The lowest BCUT2D eigenvalue weighted by Gasteiger charge is -2.29. The molecule has 256 valence electrons. The highest BCUT2D eigenvalue weighted by Gasteiger charge is 2.24. The number of aromatic nitrogens is 4. The van der Waals surface area contributed by atoms with Gasteiger partial charge < -0.3 is 20.1 Å². The first-order valence-electron chi connectivity index (χ1n) is 17.5. The van der Waals surface area contributed by atoms with Gasteiger partial charge in [-0.25, -0.2) is 0 Å². The van der Waals surface area contributed by atoms with E-state index in [9.17, 15) is 9.59 Å². The van der Waals surface area contributed by atoms with E-state index in [1.807, 2.05) is 12.1 Å². The van der Waals surface area contributed by atoms with E-state index in [0.717, 1.165) is 64.6 Å². The quantitative estimate of drug-likeness (QED) is 0.134. The van der Waals surface area contributed by atoms with Gasteiger partial charge in [0, 0.05) is 25.5 Å². The summed E-state index contributed by atoms with van der Waals surface area (Å²) in [4.78, 5) is 23.9. The molecule has 4 atom stereocenters. The lowest BCUT2D eigenvalue weighted by molar-refractivity contribution is 0.0146. The summed E-state index contributed by atoms with van der Waals surface area (Å²) < 4.78 is 12.1. The molecule has 48 heavy (non-hydrogen) atoms. The van der Waals surface area contributed by atoms with Gasteiger partial charge in [0.05, 0.1) is 48.9 Å². The Hall–Kier alpha value is -4.28. The van der Waals surface area contributed by atoms with E-state index in [1.54, 1.807) is 24.8 Å². The minimum atomic E-state index is -0.0594. The van der Waals surface area contributed by atoms with Crippen molar-refractivity contribution in [3.8, 4) is 0 Å². The van der Waals surface area contributed by atoms with E-state index >= 15 is 0 Å². The number of H-pyrrole nitrogens is 2. The van der Waals surface area contributed by atoms with Crippen molar-refractivity contribution < 1.29 is 19.1 Å². The molecule has 2 aliphatic rings. The average Bonchev–Trinajstić information content (AvgIpc) is 3.88. The molecule has 2 aromatic carbocycles. The Morgan fingerprint density at radius 3 is 1.48 bits per heavy atom. The Kier molecular flexibility index (Phi) is 14.2. The monoisotopic (exact) mass is 654 g/mol. The molecule has 0 spiro atoms. The van der Waals surface area contributed by atoms with E-state index < -0.39 is 0 Å². The zero-order valence-corrected chi connectivity index (χ0v) is 27.8. The molecular formula is C38H50N6O4. The fraction of sp³-hybridized carbons (Fsp3) is 0.474. The summed E-state index contributed by atoms with van der Waals surface area (Å²) in [5.41, 5.74) is 3.80. The molecule has 0 aliphatic heterocycles. The van der Waals surface area contributed by atoms with Crippen molar-refractivity contribution in [1.82, 2.24) is 31.0 Å². The molecule has 10 nitrogen and oxygen atoms in total. The molecule has 4 aromatic rings. The van der Waals surface area contributed by atoms with E-state index in [2.05, 4.69) is 79.6 Å². The number of hydrogen-bond donors (Lipinski definition) is 4. The predicted octanol–water partition coefficient (Wildman–Crippen LogP) is 5.92. The first-order valence-corrected chi connectivity index (χ1v) is 17.5. The first kappa shape index (κ1) is 35.0. The number of amides is 2. The summed E-state index contributed by atoms with van der Waals surface area (Å²) >= 11 is 0. The summed E-state index contributed by atoms with van der Waals surface area (Å²) in [7, 11) is 0. The molecule has 0 bridgehead atoms. The van der Waals surface area contributed by atoms with Crippen LogP contribution in [-0.4, -0.2) is 70.7 Å². The van der Waals surface area contributed by atoms with Crippen molar-refractivity contribution in [2.24, 2.45) is 11.8 Å². The maximum atomic E-state index is 12.0. The predicted molar refractivity (Wildman–Crippen MR) is 186 cm³/mol. The maximum Gasteiger partial charge on any atom is 0.254 e. The molecule has 0 saturated heterocycles. The number of hydrogen-bond acceptors (Lipinski definition) is 6. The van der Waals surface area contributed by atoms with Gasteiger partial charge in [-0.15, -0.1) is 0 Å². The van der Waals surface area contributed by atoms with Gasteiger partial charge >= 0.3 is 0 Å². The number of nitrogens with one attached hydrogen (secondary N) is 4. The number of rotatable bonds is 14. The number of ether oxygens (including phenoxy) is 2. The molecule has 2 fully saturated rings. The van der Waals surface area contributed by atoms with E-state index in [1.165, 1.54) is 24.0 Å². The number of carbonyl (C=O) groups excluding carboxylic acids is 2. The maximum absolute atomic E-state index is 12.0. The molecule has 2 aliphatic carbocycles. The van der Waals surface area contributed by atoms with Gasteiger partial charge in [-0.05, 0) is 74.3 Å². The fourth-order valence-corrected chi connectivity index (χ4v) is 6.56. The molecule has 2 amide bonds. The van der Waals surface area contributed by atoms with Gasteiger partial charge in [0.25, 0.3) is 11.8 Å². The smallest absolute Gasteiger partial charge is 0.254 e. The normalized spacial score (nSPS) is 20.7. The SMILES string of the molecule is O=C(NC[C@@H]1CCC[C@H](OCCc2ccccc2)C1)c1cn[nH]c1.O=C(NC[C@H]1CCC[C@@H](OCCc2ccccc2)C1)c1cn[nH]c1. The van der Waals surface area contributed by atoms with Crippen LogP contribution in [0.1, 0.15) is 83.2 Å². The van der Waals surface area contributed by atoms with Crippen LogP contribution in [0.25, 0.3) is 0 Å². The highest BCUT2D eigenvalue weighted by atomic mass is 16.5. The molecule has 10 heteroatoms. The summed E-state index contributed by atoms with van der Waals surface area (Å²) in [6.45, 7) is 2.96. The third kappa shape index (κ3) is 12.1. The third-order valence-electron chi connectivity index (χ3n) is 9.27. The van der Waals surface area contributed by atoms with Crippen molar-refractivity contribution in [3.05, 3.63) is 108 Å². The van der Waals surface area contributed by atoms with Gasteiger partial charge in [0.2, 0.25) is 0 Å². The topological polar surface area (TPSA) is 134 Å². The molecule has 6 rings (SSSR count). The van der Waals surface area contributed by atoms with Gasteiger partial charge in [-0.2, -0.15) is 10.2 Å². The summed E-state index contributed by atoms with van der Waals surface area (Å²) in [6, 6.07) is 20.9. The van der Waals surface area contributed by atoms with Crippen LogP contribution in [-0.2, 0) is 22.3 Å². The number of carbonyl (C=O) groups is 2. The summed E-state index contributed by atoms with van der Waals surface area (Å²) in [5, 5.41) is 18.9. The van der Waals surface area contributed by atoms with Crippen LogP contribution in [0.2, 0.25) is 0 Å².